The lowest BCUT2D eigenvalue weighted by Gasteiger charge is -2.07. The Hall–Kier alpha value is -1.55. The molecule has 2 rings (SSSR count). The summed E-state index contributed by atoms with van der Waals surface area (Å²) in [5.74, 6) is 0. The van der Waals surface area contributed by atoms with Crippen LogP contribution in [0.25, 0.3) is 0 Å². The molecule has 2 heterocycles. The van der Waals surface area contributed by atoms with Gasteiger partial charge in [-0.2, -0.15) is 5.10 Å². The number of pyridine rings is 1. The Balaban J connectivity index is 2.18. The van der Waals surface area contributed by atoms with E-state index in [2.05, 4.69) is 22.3 Å². The molecule has 0 atom stereocenters. The standard InChI is InChI=1S/C12H15ClN4/c1-3-14-10-4-5-15-11(6-10)8-17-9(2)12(13)7-16-17/h4-7H,3,8H2,1-2H3,(H,14,15). The van der Waals surface area contributed by atoms with Crippen molar-refractivity contribution in [3.63, 3.8) is 0 Å². The third-order valence-corrected chi connectivity index (χ3v) is 2.92. The summed E-state index contributed by atoms with van der Waals surface area (Å²) in [5.41, 5.74) is 3.00. The summed E-state index contributed by atoms with van der Waals surface area (Å²) in [4.78, 5) is 4.32. The van der Waals surface area contributed by atoms with Crippen LogP contribution in [-0.2, 0) is 6.54 Å². The molecule has 90 valence electrons. The highest BCUT2D eigenvalue weighted by atomic mass is 35.5. The second-order valence-electron chi connectivity index (χ2n) is 3.80. The van der Waals surface area contributed by atoms with Gasteiger partial charge < -0.3 is 5.32 Å². The van der Waals surface area contributed by atoms with Crippen molar-refractivity contribution in [1.29, 1.82) is 0 Å². The second-order valence-corrected chi connectivity index (χ2v) is 4.21. The Labute approximate surface area is 106 Å². The topological polar surface area (TPSA) is 42.7 Å². The molecule has 4 nitrogen and oxygen atoms in total. The van der Waals surface area contributed by atoms with E-state index >= 15 is 0 Å². The smallest absolute Gasteiger partial charge is 0.0835 e. The highest BCUT2D eigenvalue weighted by Gasteiger charge is 2.05. The summed E-state index contributed by atoms with van der Waals surface area (Å²) >= 11 is 5.96. The maximum atomic E-state index is 5.96. The molecule has 0 aliphatic heterocycles. The van der Waals surface area contributed by atoms with Gasteiger partial charge in [0.25, 0.3) is 0 Å². The molecule has 0 saturated heterocycles. The van der Waals surface area contributed by atoms with E-state index in [4.69, 9.17) is 11.6 Å². The molecular weight excluding hydrogens is 236 g/mol. The Bertz CT molecular complexity index is 507. The predicted octanol–water partition coefficient (Wildman–Crippen LogP) is 2.72. The maximum Gasteiger partial charge on any atom is 0.0835 e. The van der Waals surface area contributed by atoms with E-state index < -0.39 is 0 Å². The lowest BCUT2D eigenvalue weighted by Crippen LogP contribution is -2.06. The van der Waals surface area contributed by atoms with Gasteiger partial charge in [0.1, 0.15) is 0 Å². The first-order valence-corrected chi connectivity index (χ1v) is 5.95. The van der Waals surface area contributed by atoms with E-state index in [1.165, 1.54) is 0 Å². The van der Waals surface area contributed by atoms with Crippen LogP contribution in [-0.4, -0.2) is 21.3 Å². The zero-order valence-electron chi connectivity index (χ0n) is 9.94. The van der Waals surface area contributed by atoms with Gasteiger partial charge in [0.15, 0.2) is 0 Å². The highest BCUT2D eigenvalue weighted by Crippen LogP contribution is 2.15. The quantitative estimate of drug-likeness (QED) is 0.907. The summed E-state index contributed by atoms with van der Waals surface area (Å²) < 4.78 is 1.85. The monoisotopic (exact) mass is 250 g/mol. The largest absolute Gasteiger partial charge is 0.385 e. The molecule has 0 aliphatic carbocycles. The number of rotatable bonds is 4. The molecule has 0 radical (unpaired) electrons. The van der Waals surface area contributed by atoms with Crippen molar-refractivity contribution < 1.29 is 0 Å². The van der Waals surface area contributed by atoms with Gasteiger partial charge in [-0.25, -0.2) is 0 Å². The van der Waals surface area contributed by atoms with Gasteiger partial charge in [-0.15, -0.1) is 0 Å². The number of halogens is 1. The molecule has 0 spiro atoms. The molecule has 5 heteroatoms. The fraction of sp³-hybridized carbons (Fsp3) is 0.333. The SMILES string of the molecule is CCNc1ccnc(Cn2ncc(Cl)c2C)c1. The number of hydrogen-bond acceptors (Lipinski definition) is 3. The minimum absolute atomic E-state index is 0.637. The third-order valence-electron chi connectivity index (χ3n) is 2.55. The van der Waals surface area contributed by atoms with E-state index in [1.807, 2.05) is 23.7 Å². The fourth-order valence-corrected chi connectivity index (χ4v) is 1.76. The van der Waals surface area contributed by atoms with Gasteiger partial charge in [-0.05, 0) is 26.0 Å². The molecule has 2 aromatic rings. The van der Waals surface area contributed by atoms with Gasteiger partial charge in [-0.3, -0.25) is 9.67 Å². The average molecular weight is 251 g/mol. The van der Waals surface area contributed by atoms with Crippen molar-refractivity contribution >= 4 is 17.3 Å². The van der Waals surface area contributed by atoms with E-state index in [0.717, 1.165) is 23.6 Å². The van der Waals surface area contributed by atoms with E-state index in [1.54, 1.807) is 12.4 Å². The van der Waals surface area contributed by atoms with Gasteiger partial charge in [-0.1, -0.05) is 11.6 Å². The van der Waals surface area contributed by atoms with Gasteiger partial charge >= 0.3 is 0 Å². The third kappa shape index (κ3) is 2.77. The summed E-state index contributed by atoms with van der Waals surface area (Å²) in [7, 11) is 0. The van der Waals surface area contributed by atoms with E-state index in [9.17, 15) is 0 Å². The Morgan fingerprint density at radius 1 is 1.47 bits per heavy atom. The van der Waals surface area contributed by atoms with E-state index in [-0.39, 0.29) is 0 Å². The van der Waals surface area contributed by atoms with Crippen LogP contribution in [0.15, 0.2) is 24.5 Å². The van der Waals surface area contributed by atoms with Crippen LogP contribution < -0.4 is 5.32 Å². The lowest BCUT2D eigenvalue weighted by atomic mass is 10.3. The van der Waals surface area contributed by atoms with Crippen LogP contribution in [0.1, 0.15) is 18.3 Å². The first-order valence-electron chi connectivity index (χ1n) is 5.57. The first kappa shape index (κ1) is 11.9. The van der Waals surface area contributed by atoms with Crippen molar-refractivity contribution in [2.45, 2.75) is 20.4 Å². The first-order chi connectivity index (χ1) is 8.20. The van der Waals surface area contributed by atoms with Gasteiger partial charge in [0, 0.05) is 18.4 Å². The Morgan fingerprint density at radius 2 is 2.29 bits per heavy atom. The van der Waals surface area contributed by atoms with Crippen molar-refractivity contribution in [2.75, 3.05) is 11.9 Å². The van der Waals surface area contributed by atoms with Crippen LogP contribution >= 0.6 is 11.6 Å². The molecule has 0 aromatic carbocycles. The zero-order chi connectivity index (χ0) is 12.3. The zero-order valence-corrected chi connectivity index (χ0v) is 10.7. The summed E-state index contributed by atoms with van der Waals surface area (Å²) in [6.07, 6.45) is 3.46. The molecule has 17 heavy (non-hydrogen) atoms. The summed E-state index contributed by atoms with van der Waals surface area (Å²) in [6, 6.07) is 3.98. The maximum absolute atomic E-state index is 5.96. The second kappa shape index (κ2) is 5.19. The Kier molecular flexibility index (Phi) is 3.64. The molecule has 0 fully saturated rings. The van der Waals surface area contributed by atoms with Crippen molar-refractivity contribution in [3.8, 4) is 0 Å². The lowest BCUT2D eigenvalue weighted by molar-refractivity contribution is 0.653. The predicted molar refractivity (Wildman–Crippen MR) is 69.5 cm³/mol. The van der Waals surface area contributed by atoms with Crippen molar-refractivity contribution in [3.05, 3.63) is 40.9 Å². The molecule has 0 amide bonds. The van der Waals surface area contributed by atoms with E-state index in [0.29, 0.717) is 11.6 Å². The number of nitrogens with zero attached hydrogens (tertiary/aromatic N) is 3. The minimum atomic E-state index is 0.637. The minimum Gasteiger partial charge on any atom is -0.385 e. The fourth-order valence-electron chi connectivity index (χ4n) is 1.62. The van der Waals surface area contributed by atoms with Crippen LogP contribution in [0, 0.1) is 6.92 Å². The number of hydrogen-bond donors (Lipinski definition) is 1. The molecule has 0 aliphatic rings. The van der Waals surface area contributed by atoms with Crippen LogP contribution in [0.4, 0.5) is 5.69 Å². The van der Waals surface area contributed by atoms with Crippen molar-refractivity contribution in [2.24, 2.45) is 0 Å². The summed E-state index contributed by atoms with van der Waals surface area (Å²) in [6.45, 7) is 5.55. The molecule has 0 unspecified atom stereocenters. The van der Waals surface area contributed by atoms with Crippen LogP contribution in [0.2, 0.25) is 5.02 Å². The molecule has 2 aromatic heterocycles. The average Bonchev–Trinajstić information content (AvgIpc) is 2.62. The molecule has 0 saturated carbocycles. The Morgan fingerprint density at radius 3 is 2.94 bits per heavy atom. The molecule has 0 bridgehead atoms. The normalized spacial score (nSPS) is 10.5. The number of anilines is 1. The number of aromatic nitrogens is 3. The van der Waals surface area contributed by atoms with Gasteiger partial charge in [0.05, 0.1) is 29.2 Å². The summed E-state index contributed by atoms with van der Waals surface area (Å²) in [5, 5.41) is 8.16. The number of nitrogens with one attached hydrogen (secondary N) is 1. The molecular formula is C12H15ClN4. The van der Waals surface area contributed by atoms with Gasteiger partial charge in [0.2, 0.25) is 0 Å². The van der Waals surface area contributed by atoms with Crippen LogP contribution in [0.5, 0.6) is 0 Å². The molecule has 1 N–H and O–H groups in total. The highest BCUT2D eigenvalue weighted by molar-refractivity contribution is 6.31. The van der Waals surface area contributed by atoms with Crippen LogP contribution in [0.3, 0.4) is 0 Å². The van der Waals surface area contributed by atoms with Crippen molar-refractivity contribution in [1.82, 2.24) is 14.8 Å².